The smallest absolute Gasteiger partial charge is 0.413 e. The number of piperidine rings is 1. The van der Waals surface area contributed by atoms with E-state index in [4.69, 9.17) is 33.5 Å². The summed E-state index contributed by atoms with van der Waals surface area (Å²) in [5.74, 6) is 3.17. The fourth-order valence-corrected chi connectivity index (χ4v) is 9.27. The van der Waals surface area contributed by atoms with Gasteiger partial charge in [-0.3, -0.25) is 14.3 Å². The Kier molecular flexibility index (Phi) is 10.9. The molecule has 18 nitrogen and oxygen atoms in total. The highest BCUT2D eigenvalue weighted by molar-refractivity contribution is 6.07. The van der Waals surface area contributed by atoms with E-state index < -0.39 is 12.1 Å². The second kappa shape index (κ2) is 17.1. The van der Waals surface area contributed by atoms with Crippen molar-refractivity contribution in [3.8, 4) is 45.8 Å². The molecule has 3 fully saturated rings. The van der Waals surface area contributed by atoms with E-state index in [1.54, 1.807) is 47.3 Å². The lowest BCUT2D eigenvalue weighted by Gasteiger charge is -2.43. The molecule has 0 unspecified atom stereocenters. The predicted molar refractivity (Wildman–Crippen MR) is 227 cm³/mol. The number of hydrazone groups is 1. The number of hydrogen-bond acceptors (Lipinski definition) is 13. The molecule has 3 amide bonds. The first-order valence-corrected chi connectivity index (χ1v) is 21.6. The molecule has 328 valence electrons. The Morgan fingerprint density at radius 1 is 0.937 bits per heavy atom. The van der Waals surface area contributed by atoms with Crippen molar-refractivity contribution in [2.45, 2.75) is 70.0 Å². The fraction of sp³-hybridized carbons (Fsp3) is 0.444. The van der Waals surface area contributed by atoms with Crippen LogP contribution in [0.2, 0.25) is 0 Å². The summed E-state index contributed by atoms with van der Waals surface area (Å²) in [6, 6.07) is 9.97. The Hall–Kier alpha value is -6.85. The van der Waals surface area contributed by atoms with Gasteiger partial charge in [-0.05, 0) is 80.8 Å². The molecule has 5 aliphatic rings. The minimum atomic E-state index is -1.02. The van der Waals surface area contributed by atoms with Crippen molar-refractivity contribution in [1.29, 1.82) is 0 Å². The second-order valence-corrected chi connectivity index (χ2v) is 16.6. The van der Waals surface area contributed by atoms with Crippen LogP contribution in [0.3, 0.4) is 0 Å². The first-order valence-electron chi connectivity index (χ1n) is 21.6. The highest BCUT2D eigenvalue weighted by Gasteiger charge is 2.44. The fourth-order valence-electron chi connectivity index (χ4n) is 9.27. The molecular formula is C45H49N9O9. The molecule has 0 radical (unpaired) electrons. The number of methoxy groups -OCH3 is 2. The minimum Gasteiger partial charge on any atom is -0.493 e. The van der Waals surface area contributed by atoms with Crippen molar-refractivity contribution < 1.29 is 42.8 Å². The number of carbonyl (C=O) groups is 3. The van der Waals surface area contributed by atoms with Crippen LogP contribution < -0.4 is 33.7 Å². The van der Waals surface area contributed by atoms with Crippen molar-refractivity contribution in [2.75, 3.05) is 40.7 Å². The van der Waals surface area contributed by atoms with E-state index in [-0.39, 0.29) is 48.8 Å². The number of H-pyrrole nitrogens is 1. The number of amides is 3. The lowest BCUT2D eigenvalue weighted by Crippen LogP contribution is -2.56. The van der Waals surface area contributed by atoms with Crippen LogP contribution in [-0.2, 0) is 16.1 Å². The van der Waals surface area contributed by atoms with Crippen LogP contribution in [-0.4, -0.2) is 111 Å². The standard InChI is InChI=1S/C45H49N9O9/c1-58-32-11-10-27(20-35(32)59-2)38-29-6-3-4-7-30(29)43(55)54(51-38)28-14-18-52(19-15-28)44(56)31(22-53-17-5-16-49-53)50-45(57)63-36-21-46-41-39(36)47-24-48-40(41)37-33(60-23-26-8-9-26)12-13-34-42(37)62-25-61-34/h5,10-13,16-17,20-21,24,26,28-31,46H,3-4,6-9,14-15,18-19,22-23,25H2,1-2H3,(H,50,57)/t29-,30+,31-/m0/s1. The van der Waals surface area contributed by atoms with Crippen LogP contribution in [0.15, 0.2) is 66.4 Å². The van der Waals surface area contributed by atoms with Crippen molar-refractivity contribution in [3.05, 3.63) is 66.9 Å². The number of benzene rings is 2. The Balaban J connectivity index is 0.849. The average Bonchev–Trinajstić information content (AvgIpc) is 3.60. The summed E-state index contributed by atoms with van der Waals surface area (Å²) in [7, 11) is 3.21. The summed E-state index contributed by atoms with van der Waals surface area (Å²) in [6.45, 7) is 1.43. The first kappa shape index (κ1) is 40.2. The lowest BCUT2D eigenvalue weighted by molar-refractivity contribution is -0.143. The van der Waals surface area contributed by atoms with Crippen LogP contribution in [0.25, 0.3) is 22.3 Å². The normalized spacial score (nSPS) is 20.2. The van der Waals surface area contributed by atoms with Gasteiger partial charge in [0.15, 0.2) is 28.7 Å². The van der Waals surface area contributed by atoms with Crippen molar-refractivity contribution in [1.82, 2.24) is 40.0 Å². The average molecular weight is 860 g/mol. The second-order valence-electron chi connectivity index (χ2n) is 16.6. The summed E-state index contributed by atoms with van der Waals surface area (Å²) in [4.78, 5) is 56.0. The molecule has 10 rings (SSSR count). The number of aromatic amines is 1. The zero-order valence-electron chi connectivity index (χ0n) is 35.2. The molecule has 18 heteroatoms. The van der Waals surface area contributed by atoms with Gasteiger partial charge in [0, 0.05) is 49.1 Å². The maximum absolute atomic E-state index is 14.3. The van der Waals surface area contributed by atoms with E-state index in [2.05, 4.69) is 25.4 Å². The summed E-state index contributed by atoms with van der Waals surface area (Å²) >= 11 is 0. The van der Waals surface area contributed by atoms with Crippen LogP contribution in [0.1, 0.15) is 56.9 Å². The number of fused-ring (bicyclic) bond motifs is 3. The highest BCUT2D eigenvalue weighted by atomic mass is 16.7. The predicted octanol–water partition coefficient (Wildman–Crippen LogP) is 5.56. The Morgan fingerprint density at radius 3 is 2.52 bits per heavy atom. The van der Waals surface area contributed by atoms with Crippen LogP contribution in [0, 0.1) is 17.8 Å². The maximum atomic E-state index is 14.3. The van der Waals surface area contributed by atoms with Gasteiger partial charge in [0.2, 0.25) is 18.6 Å². The third-order valence-corrected chi connectivity index (χ3v) is 12.7. The zero-order chi connectivity index (χ0) is 43.0. The molecule has 2 N–H and O–H groups in total. The molecule has 2 aliphatic carbocycles. The summed E-state index contributed by atoms with van der Waals surface area (Å²) in [5, 5.41) is 13.8. The van der Waals surface area contributed by atoms with E-state index >= 15 is 0 Å². The quantitative estimate of drug-likeness (QED) is 0.150. The zero-order valence-corrected chi connectivity index (χ0v) is 35.2. The number of carbonyl (C=O) groups excluding carboxylic acids is 3. The van der Waals surface area contributed by atoms with Gasteiger partial charge in [0.25, 0.3) is 0 Å². The minimum absolute atomic E-state index is 0.0214. The van der Waals surface area contributed by atoms with E-state index in [1.807, 2.05) is 30.3 Å². The maximum Gasteiger partial charge on any atom is 0.413 e. The van der Waals surface area contributed by atoms with Gasteiger partial charge in [-0.15, -0.1) is 0 Å². The Morgan fingerprint density at radius 2 is 1.75 bits per heavy atom. The Bertz CT molecular complexity index is 2550. The summed E-state index contributed by atoms with van der Waals surface area (Å²) in [6.07, 6.45) is 12.4. The van der Waals surface area contributed by atoms with Gasteiger partial charge in [-0.2, -0.15) is 10.2 Å². The number of ether oxygens (including phenoxy) is 6. The van der Waals surface area contributed by atoms with Gasteiger partial charge < -0.3 is 43.6 Å². The molecule has 2 aromatic carbocycles. The number of likely N-dealkylation sites (tertiary alicyclic amines) is 1. The first-order chi connectivity index (χ1) is 30.9. The largest absolute Gasteiger partial charge is 0.493 e. The Labute approximate surface area is 362 Å². The van der Waals surface area contributed by atoms with E-state index in [0.717, 1.165) is 49.8 Å². The van der Waals surface area contributed by atoms with Gasteiger partial charge in [0.05, 0.1) is 50.2 Å². The molecule has 3 atom stereocenters. The highest BCUT2D eigenvalue weighted by Crippen LogP contribution is 2.49. The molecular weight excluding hydrogens is 811 g/mol. The SMILES string of the molecule is COc1ccc(C2=NN(C3CCN(C(=O)[C@H](Cn4cccn4)NC(=O)Oc4c[nH]c5c(-c6c(OCC7CC7)ccc7c6OCO7)ncnc45)CC3)C(=O)[C@@H]3CCCC[C@H]23)cc1OC. The molecule has 2 saturated carbocycles. The number of nitrogens with zero attached hydrogens (tertiary/aromatic N) is 7. The summed E-state index contributed by atoms with van der Waals surface area (Å²) < 4.78 is 36.3. The van der Waals surface area contributed by atoms with Gasteiger partial charge in [-0.1, -0.05) is 12.8 Å². The molecule has 0 bridgehead atoms. The number of rotatable bonds is 13. The molecule has 0 spiro atoms. The number of aromatic nitrogens is 5. The van der Waals surface area contributed by atoms with Gasteiger partial charge in [-0.25, -0.2) is 19.8 Å². The van der Waals surface area contributed by atoms with Crippen LogP contribution in [0.5, 0.6) is 34.5 Å². The monoisotopic (exact) mass is 859 g/mol. The van der Waals surface area contributed by atoms with Gasteiger partial charge >= 0.3 is 6.09 Å². The molecule has 63 heavy (non-hydrogen) atoms. The van der Waals surface area contributed by atoms with E-state index in [9.17, 15) is 14.4 Å². The molecule has 1 saturated heterocycles. The van der Waals surface area contributed by atoms with E-state index in [1.165, 1.54) is 12.5 Å². The van der Waals surface area contributed by atoms with Crippen molar-refractivity contribution in [3.63, 3.8) is 0 Å². The van der Waals surface area contributed by atoms with Crippen LogP contribution >= 0.6 is 0 Å². The topological polar surface area (TPSA) is 197 Å². The third-order valence-electron chi connectivity index (χ3n) is 12.7. The number of nitrogens with one attached hydrogen (secondary N) is 2. The molecule has 6 heterocycles. The molecule has 3 aromatic heterocycles. The van der Waals surface area contributed by atoms with Crippen LogP contribution in [0.4, 0.5) is 4.79 Å². The van der Waals surface area contributed by atoms with Crippen molar-refractivity contribution >= 4 is 34.7 Å². The number of hydrogen-bond donors (Lipinski definition) is 2. The third kappa shape index (κ3) is 7.93. The summed E-state index contributed by atoms with van der Waals surface area (Å²) in [5.41, 5.74) is 3.73. The van der Waals surface area contributed by atoms with Gasteiger partial charge in [0.1, 0.15) is 29.3 Å². The molecule has 3 aliphatic heterocycles. The van der Waals surface area contributed by atoms with Crippen molar-refractivity contribution in [2.24, 2.45) is 22.9 Å². The lowest BCUT2D eigenvalue weighted by atomic mass is 9.73. The van der Waals surface area contributed by atoms with E-state index in [0.29, 0.717) is 89.5 Å². The molecule has 5 aromatic rings.